The van der Waals surface area contributed by atoms with Crippen LogP contribution in [0.5, 0.6) is 0 Å². The lowest BCUT2D eigenvalue weighted by atomic mass is 10.1. The maximum Gasteiger partial charge on any atom is 0.188 e. The molecule has 0 radical (unpaired) electrons. The van der Waals surface area contributed by atoms with Crippen molar-refractivity contribution in [3.05, 3.63) is 0 Å². The third kappa shape index (κ3) is 11.1. The number of aliphatic imine (C=N–C) groups is 1. The summed E-state index contributed by atoms with van der Waals surface area (Å²) in [4.78, 5) is 4.15. The van der Waals surface area contributed by atoms with Crippen LogP contribution in [0, 0.1) is 0 Å². The number of aliphatic hydroxyl groups excluding tert-OH is 1. The van der Waals surface area contributed by atoms with E-state index < -0.39 is 0 Å². The third-order valence-corrected chi connectivity index (χ3v) is 1.47. The Morgan fingerprint density at radius 1 is 1.40 bits per heavy atom. The van der Waals surface area contributed by atoms with Crippen LogP contribution in [0.1, 0.15) is 27.2 Å². The highest BCUT2D eigenvalue weighted by Gasteiger charge is 2.09. The predicted octanol–water partition coefficient (Wildman–Crippen LogP) is 0.0882. The Balaban J connectivity index is 3.50. The molecule has 0 saturated carbocycles. The molecule has 0 bridgehead atoms. The van der Waals surface area contributed by atoms with Crippen molar-refractivity contribution in [1.82, 2.24) is 5.32 Å². The molecule has 0 aliphatic heterocycles. The largest absolute Gasteiger partial charge is 0.394 e. The van der Waals surface area contributed by atoms with Gasteiger partial charge in [-0.1, -0.05) is 0 Å². The van der Waals surface area contributed by atoms with Crippen LogP contribution >= 0.6 is 0 Å². The molecule has 0 aromatic carbocycles. The summed E-state index contributed by atoms with van der Waals surface area (Å²) < 4.78 is 5.09. The minimum absolute atomic E-state index is 0.0546. The standard InChI is InChI=1S/C10H23N3O2/c1-10(2,3)13-9(11)12-5-4-7-15-8-6-14/h14H,4-8H2,1-3H3,(H3,11,12,13). The zero-order valence-electron chi connectivity index (χ0n) is 9.92. The summed E-state index contributed by atoms with van der Waals surface area (Å²) in [6.45, 7) is 7.78. The van der Waals surface area contributed by atoms with Gasteiger partial charge in [-0.25, -0.2) is 0 Å². The fraction of sp³-hybridized carbons (Fsp3) is 0.900. The van der Waals surface area contributed by atoms with Gasteiger partial charge < -0.3 is 20.9 Å². The van der Waals surface area contributed by atoms with Crippen LogP contribution in [0.3, 0.4) is 0 Å². The highest BCUT2D eigenvalue weighted by molar-refractivity contribution is 5.78. The number of ether oxygens (including phenoxy) is 1. The van der Waals surface area contributed by atoms with Gasteiger partial charge in [-0.05, 0) is 27.2 Å². The molecule has 15 heavy (non-hydrogen) atoms. The van der Waals surface area contributed by atoms with Gasteiger partial charge in [-0.2, -0.15) is 0 Å². The normalized spacial score (nSPS) is 12.9. The Morgan fingerprint density at radius 2 is 2.07 bits per heavy atom. The van der Waals surface area contributed by atoms with Gasteiger partial charge >= 0.3 is 0 Å². The number of nitrogens with one attached hydrogen (secondary N) is 1. The van der Waals surface area contributed by atoms with Crippen LogP contribution in [-0.2, 0) is 4.74 Å². The number of hydrogen-bond donors (Lipinski definition) is 3. The molecule has 0 amide bonds. The van der Waals surface area contributed by atoms with E-state index in [1.54, 1.807) is 0 Å². The highest BCUT2D eigenvalue weighted by Crippen LogP contribution is 1.97. The van der Waals surface area contributed by atoms with Gasteiger partial charge in [-0.15, -0.1) is 0 Å². The Kier molecular flexibility index (Phi) is 7.07. The number of nitrogens with zero attached hydrogens (tertiary/aromatic N) is 1. The van der Waals surface area contributed by atoms with Crippen LogP contribution in [0.15, 0.2) is 4.99 Å². The van der Waals surface area contributed by atoms with E-state index in [0.717, 1.165) is 6.42 Å². The second-order valence-electron chi connectivity index (χ2n) is 4.33. The van der Waals surface area contributed by atoms with Gasteiger partial charge in [-0.3, -0.25) is 4.99 Å². The van der Waals surface area contributed by atoms with Gasteiger partial charge in [0, 0.05) is 18.7 Å². The van der Waals surface area contributed by atoms with Gasteiger partial charge in [0.15, 0.2) is 5.96 Å². The molecule has 0 spiro atoms. The molecule has 5 nitrogen and oxygen atoms in total. The first kappa shape index (κ1) is 14.2. The summed E-state index contributed by atoms with van der Waals surface area (Å²) in [6.07, 6.45) is 0.812. The average Bonchev–Trinajstić information content (AvgIpc) is 2.08. The van der Waals surface area contributed by atoms with E-state index >= 15 is 0 Å². The van der Waals surface area contributed by atoms with Gasteiger partial charge in [0.25, 0.3) is 0 Å². The van der Waals surface area contributed by atoms with E-state index in [0.29, 0.717) is 25.7 Å². The topological polar surface area (TPSA) is 79.9 Å². The van der Waals surface area contributed by atoms with Crippen molar-refractivity contribution in [2.45, 2.75) is 32.7 Å². The smallest absolute Gasteiger partial charge is 0.188 e. The zero-order chi connectivity index (χ0) is 11.7. The fourth-order valence-electron chi connectivity index (χ4n) is 0.956. The van der Waals surface area contributed by atoms with Crippen LogP contribution in [0.25, 0.3) is 0 Å². The van der Waals surface area contributed by atoms with Crippen molar-refractivity contribution in [3.8, 4) is 0 Å². The number of guanidine groups is 1. The Labute approximate surface area is 91.7 Å². The Morgan fingerprint density at radius 3 is 2.60 bits per heavy atom. The number of rotatable bonds is 6. The van der Waals surface area contributed by atoms with Gasteiger partial charge in [0.1, 0.15) is 0 Å². The summed E-state index contributed by atoms with van der Waals surface area (Å²) in [5.74, 6) is 0.463. The lowest BCUT2D eigenvalue weighted by molar-refractivity contribution is 0.0918. The lowest BCUT2D eigenvalue weighted by Crippen LogP contribution is -2.45. The molecule has 0 heterocycles. The van der Waals surface area contributed by atoms with E-state index in [1.165, 1.54) is 0 Å². The van der Waals surface area contributed by atoms with E-state index in [9.17, 15) is 0 Å². The summed E-state index contributed by atoms with van der Waals surface area (Å²) in [7, 11) is 0. The summed E-state index contributed by atoms with van der Waals surface area (Å²) in [5, 5.41) is 11.5. The van der Waals surface area contributed by atoms with Crippen LogP contribution in [0.4, 0.5) is 0 Å². The maximum absolute atomic E-state index is 8.46. The van der Waals surface area contributed by atoms with Crippen molar-refractivity contribution in [2.75, 3.05) is 26.4 Å². The number of aliphatic hydroxyl groups is 1. The highest BCUT2D eigenvalue weighted by atomic mass is 16.5. The molecule has 5 heteroatoms. The van der Waals surface area contributed by atoms with E-state index in [4.69, 9.17) is 15.6 Å². The lowest BCUT2D eigenvalue weighted by Gasteiger charge is -2.20. The Bertz CT molecular complexity index is 188. The SMILES string of the molecule is CC(C)(C)NC(N)=NCCCOCCO. The molecule has 0 unspecified atom stereocenters. The summed E-state index contributed by atoms with van der Waals surface area (Å²) >= 11 is 0. The van der Waals surface area contributed by atoms with Crippen molar-refractivity contribution in [1.29, 1.82) is 0 Å². The molecule has 0 fully saturated rings. The predicted molar refractivity (Wildman–Crippen MR) is 61.9 cm³/mol. The van der Waals surface area contributed by atoms with E-state index in [2.05, 4.69) is 10.3 Å². The molecule has 0 aromatic rings. The molecule has 90 valence electrons. The van der Waals surface area contributed by atoms with Crippen molar-refractivity contribution in [2.24, 2.45) is 10.7 Å². The molecule has 4 N–H and O–H groups in total. The van der Waals surface area contributed by atoms with Gasteiger partial charge in [0.05, 0.1) is 13.2 Å². The molecular weight excluding hydrogens is 194 g/mol. The second-order valence-corrected chi connectivity index (χ2v) is 4.33. The maximum atomic E-state index is 8.46. The van der Waals surface area contributed by atoms with Crippen molar-refractivity contribution in [3.63, 3.8) is 0 Å². The molecule has 0 aliphatic carbocycles. The molecule has 0 saturated heterocycles. The molecule has 0 rings (SSSR count). The quantitative estimate of drug-likeness (QED) is 0.334. The second kappa shape index (κ2) is 7.48. The molecule has 0 aliphatic rings. The average molecular weight is 217 g/mol. The van der Waals surface area contributed by atoms with E-state index in [1.807, 2.05) is 20.8 Å². The van der Waals surface area contributed by atoms with Crippen molar-refractivity contribution < 1.29 is 9.84 Å². The first-order valence-corrected chi connectivity index (χ1v) is 5.22. The third-order valence-electron chi connectivity index (χ3n) is 1.47. The van der Waals surface area contributed by atoms with E-state index in [-0.39, 0.29) is 12.1 Å². The first-order valence-electron chi connectivity index (χ1n) is 5.22. The molecule has 0 aromatic heterocycles. The van der Waals surface area contributed by atoms with Gasteiger partial charge in [0.2, 0.25) is 0 Å². The van der Waals surface area contributed by atoms with Crippen molar-refractivity contribution >= 4 is 5.96 Å². The fourth-order valence-corrected chi connectivity index (χ4v) is 0.956. The van der Waals surface area contributed by atoms with Crippen LogP contribution in [0.2, 0.25) is 0 Å². The van der Waals surface area contributed by atoms with Crippen LogP contribution < -0.4 is 11.1 Å². The first-order chi connectivity index (χ1) is 6.95. The van der Waals surface area contributed by atoms with Crippen LogP contribution in [-0.4, -0.2) is 43.0 Å². The summed E-state index contributed by atoms with van der Waals surface area (Å²) in [6, 6.07) is 0. The Hall–Kier alpha value is -0.810. The minimum atomic E-state index is -0.0546. The molecular formula is C10H23N3O2. The minimum Gasteiger partial charge on any atom is -0.394 e. The summed E-state index contributed by atoms with van der Waals surface area (Å²) in [5.41, 5.74) is 5.60. The number of nitrogens with two attached hydrogens (primary N) is 1. The number of hydrogen-bond acceptors (Lipinski definition) is 3. The zero-order valence-corrected chi connectivity index (χ0v) is 9.92. The molecule has 0 atom stereocenters. The monoisotopic (exact) mass is 217 g/mol.